The Morgan fingerprint density at radius 2 is 2.29 bits per heavy atom. The summed E-state index contributed by atoms with van der Waals surface area (Å²) in [5, 5.41) is 1.92. The molecule has 0 saturated carbocycles. The normalized spacial score (nSPS) is 14.1. The van der Waals surface area contributed by atoms with E-state index < -0.39 is 10.1 Å². The first-order chi connectivity index (χ1) is 6.53. The van der Waals surface area contributed by atoms with Crippen LogP contribution in [-0.4, -0.2) is 14.7 Å². The molecular weight excluding hydrogens is 220 g/mol. The van der Waals surface area contributed by atoms with Gasteiger partial charge >= 0.3 is 0 Å². The molecule has 1 atom stereocenters. The molecule has 0 bridgehead atoms. The SMILES string of the molecule is CCCC(OS(C)(=O)=O)c1cccs1. The fourth-order valence-electron chi connectivity index (χ4n) is 1.19. The molecule has 3 nitrogen and oxygen atoms in total. The average Bonchev–Trinajstić information content (AvgIpc) is 2.52. The second-order valence-electron chi connectivity index (χ2n) is 3.09. The van der Waals surface area contributed by atoms with Crippen LogP contribution in [0.2, 0.25) is 0 Å². The first kappa shape index (κ1) is 11.7. The van der Waals surface area contributed by atoms with Gasteiger partial charge in [0.2, 0.25) is 0 Å². The highest BCUT2D eigenvalue weighted by molar-refractivity contribution is 7.86. The Labute approximate surface area is 88.8 Å². The van der Waals surface area contributed by atoms with Crippen molar-refractivity contribution in [3.63, 3.8) is 0 Å². The van der Waals surface area contributed by atoms with Gasteiger partial charge in [-0.05, 0) is 17.9 Å². The maximum Gasteiger partial charge on any atom is 0.265 e. The molecule has 0 amide bonds. The van der Waals surface area contributed by atoms with Crippen LogP contribution in [-0.2, 0) is 14.3 Å². The molecule has 5 heteroatoms. The van der Waals surface area contributed by atoms with Gasteiger partial charge in [-0.15, -0.1) is 11.3 Å². The van der Waals surface area contributed by atoms with Crippen LogP contribution in [0.1, 0.15) is 30.7 Å². The Balaban J connectivity index is 2.75. The van der Waals surface area contributed by atoms with Gasteiger partial charge in [-0.2, -0.15) is 8.42 Å². The van der Waals surface area contributed by atoms with Crippen LogP contribution < -0.4 is 0 Å². The zero-order chi connectivity index (χ0) is 10.6. The minimum atomic E-state index is -3.36. The molecule has 0 N–H and O–H groups in total. The van der Waals surface area contributed by atoms with Gasteiger partial charge in [0.15, 0.2) is 0 Å². The number of hydrogen-bond donors (Lipinski definition) is 0. The molecule has 0 saturated heterocycles. The maximum absolute atomic E-state index is 11.0. The topological polar surface area (TPSA) is 43.4 Å². The lowest BCUT2D eigenvalue weighted by Gasteiger charge is -2.13. The highest BCUT2D eigenvalue weighted by Crippen LogP contribution is 2.27. The van der Waals surface area contributed by atoms with Crippen LogP contribution in [0.25, 0.3) is 0 Å². The van der Waals surface area contributed by atoms with Crippen molar-refractivity contribution in [2.75, 3.05) is 6.26 Å². The van der Waals surface area contributed by atoms with Crippen molar-refractivity contribution in [2.24, 2.45) is 0 Å². The lowest BCUT2D eigenvalue weighted by atomic mass is 10.2. The van der Waals surface area contributed by atoms with Crippen molar-refractivity contribution in [1.82, 2.24) is 0 Å². The van der Waals surface area contributed by atoms with Gasteiger partial charge < -0.3 is 0 Å². The van der Waals surface area contributed by atoms with Crippen LogP contribution in [0.3, 0.4) is 0 Å². The minimum absolute atomic E-state index is 0.310. The van der Waals surface area contributed by atoms with Gasteiger partial charge in [0, 0.05) is 4.88 Å². The summed E-state index contributed by atoms with van der Waals surface area (Å²) in [5.41, 5.74) is 0. The summed E-state index contributed by atoms with van der Waals surface area (Å²) >= 11 is 1.52. The van der Waals surface area contributed by atoms with Crippen molar-refractivity contribution >= 4 is 21.5 Å². The molecule has 1 aromatic heterocycles. The van der Waals surface area contributed by atoms with Crippen molar-refractivity contribution < 1.29 is 12.6 Å². The molecule has 0 aliphatic heterocycles. The van der Waals surface area contributed by atoms with E-state index in [1.165, 1.54) is 11.3 Å². The van der Waals surface area contributed by atoms with E-state index >= 15 is 0 Å². The van der Waals surface area contributed by atoms with E-state index in [2.05, 4.69) is 0 Å². The quantitative estimate of drug-likeness (QED) is 0.735. The molecule has 1 rings (SSSR count). The van der Waals surface area contributed by atoms with Gasteiger partial charge in [-0.3, -0.25) is 4.18 Å². The van der Waals surface area contributed by atoms with Crippen LogP contribution in [0, 0.1) is 0 Å². The van der Waals surface area contributed by atoms with E-state index in [0.29, 0.717) is 0 Å². The number of rotatable bonds is 5. The monoisotopic (exact) mass is 234 g/mol. The summed E-state index contributed by atoms with van der Waals surface area (Å²) in [4.78, 5) is 0.970. The standard InChI is InChI=1S/C9H14O3S2/c1-3-5-8(12-14(2,10)11)9-6-4-7-13-9/h4,6-8H,3,5H2,1-2H3. The zero-order valence-electron chi connectivity index (χ0n) is 8.26. The summed E-state index contributed by atoms with van der Waals surface area (Å²) in [6, 6.07) is 3.80. The Hall–Kier alpha value is -0.390. The summed E-state index contributed by atoms with van der Waals surface area (Å²) in [6.07, 6.45) is 2.41. The maximum atomic E-state index is 11.0. The molecule has 80 valence electrons. The summed E-state index contributed by atoms with van der Waals surface area (Å²) in [5.74, 6) is 0. The predicted octanol–water partition coefficient (Wildman–Crippen LogP) is 2.57. The van der Waals surface area contributed by atoms with E-state index in [1.807, 2.05) is 24.4 Å². The van der Waals surface area contributed by atoms with E-state index in [0.717, 1.165) is 24.0 Å². The van der Waals surface area contributed by atoms with Gasteiger partial charge in [0.1, 0.15) is 6.10 Å². The van der Waals surface area contributed by atoms with Gasteiger partial charge in [0.05, 0.1) is 6.26 Å². The van der Waals surface area contributed by atoms with Crippen LogP contribution in [0.5, 0.6) is 0 Å². The molecule has 0 fully saturated rings. The van der Waals surface area contributed by atoms with Crippen LogP contribution in [0.4, 0.5) is 0 Å². The highest BCUT2D eigenvalue weighted by Gasteiger charge is 2.17. The van der Waals surface area contributed by atoms with E-state index in [9.17, 15) is 8.42 Å². The van der Waals surface area contributed by atoms with Crippen LogP contribution in [0.15, 0.2) is 17.5 Å². The molecule has 0 spiro atoms. The molecular formula is C9H14O3S2. The highest BCUT2D eigenvalue weighted by atomic mass is 32.2. The number of thiophene rings is 1. The van der Waals surface area contributed by atoms with Crippen molar-refractivity contribution in [3.8, 4) is 0 Å². The molecule has 1 unspecified atom stereocenters. The van der Waals surface area contributed by atoms with E-state index in [1.54, 1.807) is 0 Å². The third kappa shape index (κ3) is 3.77. The fourth-order valence-corrected chi connectivity index (χ4v) is 2.66. The number of hydrogen-bond acceptors (Lipinski definition) is 4. The molecule has 14 heavy (non-hydrogen) atoms. The lowest BCUT2D eigenvalue weighted by Crippen LogP contribution is -2.09. The molecule has 0 aliphatic carbocycles. The third-order valence-corrected chi connectivity index (χ3v) is 3.25. The Morgan fingerprint density at radius 3 is 2.71 bits per heavy atom. The average molecular weight is 234 g/mol. The predicted molar refractivity (Wildman–Crippen MR) is 57.9 cm³/mol. The molecule has 1 aromatic rings. The van der Waals surface area contributed by atoms with Crippen molar-refractivity contribution in [1.29, 1.82) is 0 Å². The van der Waals surface area contributed by atoms with Gasteiger partial charge in [-0.25, -0.2) is 0 Å². The largest absolute Gasteiger partial charge is 0.265 e. The third-order valence-electron chi connectivity index (χ3n) is 1.70. The Morgan fingerprint density at radius 1 is 1.57 bits per heavy atom. The summed E-state index contributed by atoms with van der Waals surface area (Å²) < 4.78 is 27.0. The summed E-state index contributed by atoms with van der Waals surface area (Å²) in [7, 11) is -3.36. The first-order valence-corrected chi connectivity index (χ1v) is 7.14. The molecule has 0 radical (unpaired) electrons. The van der Waals surface area contributed by atoms with Crippen molar-refractivity contribution in [3.05, 3.63) is 22.4 Å². The van der Waals surface area contributed by atoms with E-state index in [-0.39, 0.29) is 6.10 Å². The van der Waals surface area contributed by atoms with Crippen molar-refractivity contribution in [2.45, 2.75) is 25.9 Å². The summed E-state index contributed by atoms with van der Waals surface area (Å²) in [6.45, 7) is 2.01. The second kappa shape index (κ2) is 4.91. The zero-order valence-corrected chi connectivity index (χ0v) is 9.90. The Bertz CT molecular complexity index is 353. The van der Waals surface area contributed by atoms with E-state index in [4.69, 9.17) is 4.18 Å². The van der Waals surface area contributed by atoms with Gasteiger partial charge in [-0.1, -0.05) is 19.4 Å². The Kier molecular flexibility index (Phi) is 4.10. The lowest BCUT2D eigenvalue weighted by molar-refractivity contribution is 0.207. The first-order valence-electron chi connectivity index (χ1n) is 4.44. The minimum Gasteiger partial charge on any atom is -0.261 e. The van der Waals surface area contributed by atoms with Crippen LogP contribution >= 0.6 is 11.3 Å². The van der Waals surface area contributed by atoms with Gasteiger partial charge in [0.25, 0.3) is 10.1 Å². The fraction of sp³-hybridized carbons (Fsp3) is 0.556. The molecule has 1 heterocycles. The molecule has 0 aromatic carbocycles. The smallest absolute Gasteiger partial charge is 0.261 e. The second-order valence-corrected chi connectivity index (χ2v) is 5.67. The molecule has 0 aliphatic rings.